The van der Waals surface area contributed by atoms with Gasteiger partial charge in [-0.2, -0.15) is 0 Å². The third-order valence-corrected chi connectivity index (χ3v) is 4.57. The molecule has 1 aliphatic heterocycles. The number of carbonyl (C=O) groups excluding carboxylic acids is 1. The van der Waals surface area contributed by atoms with E-state index in [0.717, 1.165) is 24.9 Å². The molecule has 0 aromatic heterocycles. The second-order valence-corrected chi connectivity index (χ2v) is 5.85. The Kier molecular flexibility index (Phi) is 3.55. The van der Waals surface area contributed by atoms with Gasteiger partial charge in [0.25, 0.3) is 5.91 Å². The van der Waals surface area contributed by atoms with E-state index in [2.05, 4.69) is 0 Å². The second-order valence-electron chi connectivity index (χ2n) is 5.85. The molecule has 1 aromatic rings. The zero-order valence-corrected chi connectivity index (χ0v) is 12.0. The number of anilines is 1. The number of nitrogen functional groups attached to an aromatic ring is 1. The van der Waals surface area contributed by atoms with Crippen LogP contribution in [-0.4, -0.2) is 30.5 Å². The molecule has 3 rings (SSSR count). The highest BCUT2D eigenvalue weighted by atomic mass is 16.5. The van der Waals surface area contributed by atoms with Gasteiger partial charge in [0.15, 0.2) is 0 Å². The van der Waals surface area contributed by atoms with Crippen LogP contribution < -0.4 is 10.5 Å². The normalized spacial score (nSPS) is 24.8. The summed E-state index contributed by atoms with van der Waals surface area (Å²) in [5, 5.41) is 0. The number of carbonyl (C=O) groups is 1. The molecule has 1 saturated carbocycles. The summed E-state index contributed by atoms with van der Waals surface area (Å²) in [6.45, 7) is 4.32. The van der Waals surface area contributed by atoms with Gasteiger partial charge in [-0.25, -0.2) is 0 Å². The third kappa shape index (κ3) is 2.35. The lowest BCUT2D eigenvalue weighted by molar-refractivity contribution is 0.0780. The van der Waals surface area contributed by atoms with Crippen LogP contribution in [-0.2, 0) is 0 Å². The average Bonchev–Trinajstić information content (AvgIpc) is 3.01. The molecule has 1 aliphatic carbocycles. The van der Waals surface area contributed by atoms with Crippen molar-refractivity contribution in [2.45, 2.75) is 26.2 Å². The van der Waals surface area contributed by atoms with Crippen LogP contribution in [0.4, 0.5) is 5.69 Å². The van der Waals surface area contributed by atoms with Crippen molar-refractivity contribution in [1.29, 1.82) is 0 Å². The van der Waals surface area contributed by atoms with Crippen molar-refractivity contribution in [3.63, 3.8) is 0 Å². The van der Waals surface area contributed by atoms with Gasteiger partial charge in [0, 0.05) is 18.7 Å². The summed E-state index contributed by atoms with van der Waals surface area (Å²) in [6, 6.07) is 5.35. The van der Waals surface area contributed by atoms with E-state index in [-0.39, 0.29) is 5.91 Å². The van der Waals surface area contributed by atoms with Crippen LogP contribution in [0, 0.1) is 11.8 Å². The standard InChI is InChI=1S/C16H22N2O2/c1-2-20-15-7-6-11(8-14(15)17)16(19)18-9-12-4-3-5-13(12)10-18/h6-8,12-13H,2-5,9-10,17H2,1H3. The Bertz CT molecular complexity index is 503. The zero-order valence-electron chi connectivity index (χ0n) is 12.0. The summed E-state index contributed by atoms with van der Waals surface area (Å²) in [5.41, 5.74) is 7.15. The topological polar surface area (TPSA) is 55.6 Å². The van der Waals surface area contributed by atoms with Crippen LogP contribution in [0.25, 0.3) is 0 Å². The molecular formula is C16H22N2O2. The largest absolute Gasteiger partial charge is 0.492 e. The molecule has 2 N–H and O–H groups in total. The van der Waals surface area contributed by atoms with E-state index >= 15 is 0 Å². The van der Waals surface area contributed by atoms with E-state index in [0.29, 0.717) is 23.6 Å². The molecule has 4 heteroatoms. The minimum atomic E-state index is 0.106. The number of nitrogens with zero attached hydrogens (tertiary/aromatic N) is 1. The molecule has 2 fully saturated rings. The first kappa shape index (κ1) is 13.3. The van der Waals surface area contributed by atoms with Gasteiger partial charge in [-0.05, 0) is 49.8 Å². The number of rotatable bonds is 3. The second kappa shape index (κ2) is 5.35. The van der Waals surface area contributed by atoms with Gasteiger partial charge in [0.1, 0.15) is 5.75 Å². The molecule has 108 valence electrons. The number of hydrogen-bond donors (Lipinski definition) is 1. The molecule has 2 atom stereocenters. The maximum Gasteiger partial charge on any atom is 0.253 e. The molecule has 1 amide bonds. The highest BCUT2D eigenvalue weighted by molar-refractivity contribution is 5.95. The SMILES string of the molecule is CCOc1ccc(C(=O)N2CC3CCCC3C2)cc1N. The smallest absolute Gasteiger partial charge is 0.253 e. The Morgan fingerprint density at radius 2 is 2.05 bits per heavy atom. The molecule has 4 nitrogen and oxygen atoms in total. The lowest BCUT2D eigenvalue weighted by atomic mass is 10.0. The minimum absolute atomic E-state index is 0.106. The molecule has 0 spiro atoms. The summed E-state index contributed by atoms with van der Waals surface area (Å²) in [6.07, 6.45) is 3.88. The number of ether oxygens (including phenoxy) is 1. The number of fused-ring (bicyclic) bond motifs is 1. The van der Waals surface area contributed by atoms with Crippen LogP contribution in [0.3, 0.4) is 0 Å². The predicted molar refractivity (Wildman–Crippen MR) is 78.8 cm³/mol. The molecule has 1 saturated heterocycles. The lowest BCUT2D eigenvalue weighted by Crippen LogP contribution is -2.29. The molecule has 20 heavy (non-hydrogen) atoms. The van der Waals surface area contributed by atoms with Crippen molar-refractivity contribution in [3.8, 4) is 5.75 Å². The van der Waals surface area contributed by atoms with E-state index < -0.39 is 0 Å². The van der Waals surface area contributed by atoms with E-state index in [1.807, 2.05) is 17.9 Å². The van der Waals surface area contributed by atoms with Crippen molar-refractivity contribution in [2.24, 2.45) is 11.8 Å². The minimum Gasteiger partial charge on any atom is -0.492 e. The van der Waals surface area contributed by atoms with Gasteiger partial charge in [0.05, 0.1) is 12.3 Å². The molecule has 0 bridgehead atoms. The van der Waals surface area contributed by atoms with Crippen LogP contribution in [0.5, 0.6) is 5.75 Å². The zero-order chi connectivity index (χ0) is 14.1. The molecule has 1 aromatic carbocycles. The van der Waals surface area contributed by atoms with E-state index in [1.165, 1.54) is 19.3 Å². The van der Waals surface area contributed by atoms with E-state index in [9.17, 15) is 4.79 Å². The highest BCUT2D eigenvalue weighted by Gasteiger charge is 2.38. The Morgan fingerprint density at radius 3 is 2.65 bits per heavy atom. The summed E-state index contributed by atoms with van der Waals surface area (Å²) >= 11 is 0. The van der Waals surface area contributed by atoms with E-state index in [1.54, 1.807) is 12.1 Å². The Labute approximate surface area is 119 Å². The lowest BCUT2D eigenvalue weighted by Gasteiger charge is -2.18. The van der Waals surface area contributed by atoms with Crippen molar-refractivity contribution in [1.82, 2.24) is 4.90 Å². The number of nitrogens with two attached hydrogens (primary N) is 1. The van der Waals surface area contributed by atoms with Gasteiger partial charge >= 0.3 is 0 Å². The summed E-state index contributed by atoms with van der Waals surface area (Å²) in [7, 11) is 0. The van der Waals surface area contributed by atoms with Gasteiger partial charge in [-0.1, -0.05) is 6.42 Å². The fourth-order valence-electron chi connectivity index (χ4n) is 3.55. The van der Waals surface area contributed by atoms with Crippen molar-refractivity contribution >= 4 is 11.6 Å². The van der Waals surface area contributed by atoms with Gasteiger partial charge in [0.2, 0.25) is 0 Å². The molecule has 1 heterocycles. The highest BCUT2D eigenvalue weighted by Crippen LogP contribution is 2.38. The average molecular weight is 274 g/mol. The van der Waals surface area contributed by atoms with Crippen molar-refractivity contribution in [2.75, 3.05) is 25.4 Å². The molecule has 2 unspecified atom stereocenters. The predicted octanol–water partition coefficient (Wildman–Crippen LogP) is 2.54. The van der Waals surface area contributed by atoms with Gasteiger partial charge in [-0.3, -0.25) is 4.79 Å². The first-order chi connectivity index (χ1) is 9.69. The quantitative estimate of drug-likeness (QED) is 0.862. The van der Waals surface area contributed by atoms with Gasteiger partial charge in [-0.15, -0.1) is 0 Å². The Hall–Kier alpha value is -1.71. The van der Waals surface area contributed by atoms with Crippen LogP contribution >= 0.6 is 0 Å². The molecular weight excluding hydrogens is 252 g/mol. The van der Waals surface area contributed by atoms with E-state index in [4.69, 9.17) is 10.5 Å². The van der Waals surface area contributed by atoms with Crippen LogP contribution in [0.1, 0.15) is 36.5 Å². The summed E-state index contributed by atoms with van der Waals surface area (Å²) in [5.74, 6) is 2.20. The monoisotopic (exact) mass is 274 g/mol. The van der Waals surface area contributed by atoms with Crippen molar-refractivity contribution in [3.05, 3.63) is 23.8 Å². The number of likely N-dealkylation sites (tertiary alicyclic amines) is 1. The van der Waals surface area contributed by atoms with Gasteiger partial charge < -0.3 is 15.4 Å². The number of hydrogen-bond acceptors (Lipinski definition) is 3. The summed E-state index contributed by atoms with van der Waals surface area (Å²) in [4.78, 5) is 14.5. The Morgan fingerprint density at radius 1 is 1.35 bits per heavy atom. The maximum atomic E-state index is 12.5. The first-order valence-corrected chi connectivity index (χ1v) is 7.50. The summed E-state index contributed by atoms with van der Waals surface area (Å²) < 4.78 is 5.41. The number of amides is 1. The Balaban J connectivity index is 1.73. The fraction of sp³-hybridized carbons (Fsp3) is 0.562. The van der Waals surface area contributed by atoms with Crippen LogP contribution in [0.15, 0.2) is 18.2 Å². The van der Waals surface area contributed by atoms with Crippen molar-refractivity contribution < 1.29 is 9.53 Å². The first-order valence-electron chi connectivity index (χ1n) is 7.50. The fourth-order valence-corrected chi connectivity index (χ4v) is 3.55. The molecule has 2 aliphatic rings. The third-order valence-electron chi connectivity index (χ3n) is 4.57. The maximum absolute atomic E-state index is 12.5. The number of benzene rings is 1. The molecule has 0 radical (unpaired) electrons. The van der Waals surface area contributed by atoms with Crippen LogP contribution in [0.2, 0.25) is 0 Å².